The lowest BCUT2D eigenvalue weighted by Crippen LogP contribution is -2.41. The van der Waals surface area contributed by atoms with Gasteiger partial charge in [0.25, 0.3) is 11.5 Å². The van der Waals surface area contributed by atoms with Gasteiger partial charge in [-0.05, 0) is 54.6 Å². The minimum atomic E-state index is -1.23. The number of fused-ring (bicyclic) bond motifs is 2. The fourth-order valence-electron chi connectivity index (χ4n) is 5.23. The van der Waals surface area contributed by atoms with Crippen molar-refractivity contribution in [3.8, 4) is 11.6 Å². The summed E-state index contributed by atoms with van der Waals surface area (Å²) >= 11 is 0. The molecule has 1 unspecified atom stereocenters. The van der Waals surface area contributed by atoms with Gasteiger partial charge in [0.05, 0.1) is 43.2 Å². The average molecular weight is 740 g/mol. The van der Waals surface area contributed by atoms with Crippen molar-refractivity contribution in [2.24, 2.45) is 0 Å². The number of carbonyl (C=O) groups excluding carboxylic acids is 2. The number of carboxylic acids is 1. The summed E-state index contributed by atoms with van der Waals surface area (Å²) in [5.74, 6) is -2.12. The van der Waals surface area contributed by atoms with Gasteiger partial charge in [-0.25, -0.2) is 19.6 Å². The van der Waals surface area contributed by atoms with Gasteiger partial charge in [-0.2, -0.15) is 9.67 Å². The molecule has 20 heteroatoms. The van der Waals surface area contributed by atoms with Crippen LogP contribution in [0.2, 0.25) is 0 Å². The fraction of sp³-hybridized carbons (Fsp3) is 0.235. The highest BCUT2D eigenvalue weighted by Crippen LogP contribution is 2.20. The van der Waals surface area contributed by atoms with E-state index in [1.165, 1.54) is 41.3 Å². The van der Waals surface area contributed by atoms with Crippen molar-refractivity contribution >= 4 is 51.4 Å². The van der Waals surface area contributed by atoms with E-state index in [0.29, 0.717) is 22.5 Å². The van der Waals surface area contributed by atoms with E-state index in [9.17, 15) is 34.2 Å². The molecule has 6 rings (SSSR count). The number of amides is 2. The fourth-order valence-corrected chi connectivity index (χ4v) is 5.23. The molecule has 0 aliphatic rings. The molecule has 0 radical (unpaired) electrons. The molecule has 8 N–H and O–H groups in total. The predicted octanol–water partition coefficient (Wildman–Crippen LogP) is 0.986. The number of ether oxygens (including phenoxy) is 1. The third-order valence-corrected chi connectivity index (χ3v) is 7.93. The number of phenols is 1. The number of carboxylic acid groups (broad SMARTS) is 1. The molecule has 0 aliphatic carbocycles. The monoisotopic (exact) mass is 739 g/mol. The first-order valence-corrected chi connectivity index (χ1v) is 16.4. The normalized spacial score (nSPS) is 11.7. The minimum Gasteiger partial charge on any atom is -0.508 e. The van der Waals surface area contributed by atoms with Gasteiger partial charge in [0.1, 0.15) is 17.5 Å². The number of rotatable bonds is 16. The number of benzene rings is 2. The van der Waals surface area contributed by atoms with Gasteiger partial charge in [0, 0.05) is 30.3 Å². The standard InChI is InChI=1S/C34H33N11O9/c35-34-41-29-28(31(49)42-34)39-21(15-38-29)14-37-20-7-4-18(5-8-20)30(48)40-25(32(50)51)2-1-3-26(47)36-10-11-53-17-22-16-45(44-43-22)27-12-19-6-9-23(46)13-24(19)33(52)54-27/h4-9,12-13,15-16,25,37,46H,1-3,10-11,14,17H2,(H,36,47)(H,40,48)(H,50,51)(H3,35,38,41,42,49). The Morgan fingerprint density at radius 2 is 1.87 bits per heavy atom. The van der Waals surface area contributed by atoms with E-state index in [1.54, 1.807) is 24.3 Å². The second kappa shape index (κ2) is 16.4. The van der Waals surface area contributed by atoms with Crippen LogP contribution in [0.4, 0.5) is 11.6 Å². The summed E-state index contributed by atoms with van der Waals surface area (Å²) in [5.41, 5.74) is 6.33. The molecule has 1 atom stereocenters. The van der Waals surface area contributed by atoms with Crippen molar-refractivity contribution in [2.45, 2.75) is 38.5 Å². The van der Waals surface area contributed by atoms with Crippen LogP contribution in [0.15, 0.2) is 74.9 Å². The lowest BCUT2D eigenvalue weighted by atomic mass is 10.1. The van der Waals surface area contributed by atoms with Crippen molar-refractivity contribution in [1.82, 2.24) is 45.6 Å². The number of H-pyrrole nitrogens is 1. The second-order valence-electron chi connectivity index (χ2n) is 11.9. The third kappa shape index (κ3) is 9.16. The molecule has 278 valence electrons. The molecule has 4 heterocycles. The lowest BCUT2D eigenvalue weighted by molar-refractivity contribution is -0.139. The molecular weight excluding hydrogens is 706 g/mol. The maximum absolute atomic E-state index is 12.8. The van der Waals surface area contributed by atoms with Crippen molar-refractivity contribution in [1.29, 1.82) is 0 Å². The number of carbonyl (C=O) groups is 3. The van der Waals surface area contributed by atoms with Crippen LogP contribution in [0.5, 0.6) is 5.75 Å². The maximum atomic E-state index is 12.8. The molecule has 0 spiro atoms. The van der Waals surface area contributed by atoms with Gasteiger partial charge in [0.2, 0.25) is 17.7 Å². The SMILES string of the molecule is Nc1nc2ncc(CNc3ccc(C(=O)NC(CCCC(=O)NCCOCc4cn(-c5cc6ccc(O)cc6c(=O)o5)nn4)C(=O)O)cc3)nc2c(=O)[nH]1. The lowest BCUT2D eigenvalue weighted by Gasteiger charge is -2.15. The average Bonchev–Trinajstić information content (AvgIpc) is 3.63. The smallest absolute Gasteiger partial charge is 0.345 e. The molecule has 2 aromatic carbocycles. The molecule has 54 heavy (non-hydrogen) atoms. The summed E-state index contributed by atoms with van der Waals surface area (Å²) in [6, 6.07) is 11.0. The zero-order valence-electron chi connectivity index (χ0n) is 28.3. The Balaban J connectivity index is 0.885. The molecule has 4 aromatic heterocycles. The zero-order valence-corrected chi connectivity index (χ0v) is 28.3. The van der Waals surface area contributed by atoms with E-state index in [1.807, 2.05) is 0 Å². The summed E-state index contributed by atoms with van der Waals surface area (Å²) in [6.45, 7) is 0.626. The number of hydrogen-bond acceptors (Lipinski definition) is 15. The summed E-state index contributed by atoms with van der Waals surface area (Å²) in [5, 5.41) is 36.3. The number of phenolic OH excluding ortho intramolecular Hbond substituents is 1. The number of aromatic amines is 1. The second-order valence-corrected chi connectivity index (χ2v) is 11.9. The topological polar surface area (TPSA) is 295 Å². The van der Waals surface area contributed by atoms with Crippen LogP contribution in [0.25, 0.3) is 27.8 Å². The Labute approximate surface area is 303 Å². The first kappa shape index (κ1) is 36.6. The number of nitrogen functional groups attached to an aromatic ring is 1. The number of nitrogens with one attached hydrogen (secondary N) is 4. The highest BCUT2D eigenvalue weighted by molar-refractivity contribution is 5.96. The quantitative estimate of drug-likeness (QED) is 0.0681. The predicted molar refractivity (Wildman–Crippen MR) is 191 cm³/mol. The Bertz CT molecular complexity index is 2450. The number of aromatic nitrogens is 7. The number of aliphatic carboxylic acids is 1. The largest absolute Gasteiger partial charge is 0.508 e. The zero-order chi connectivity index (χ0) is 38.2. The molecule has 0 aliphatic heterocycles. The van der Waals surface area contributed by atoms with Gasteiger partial charge >= 0.3 is 11.6 Å². The van der Waals surface area contributed by atoms with Crippen molar-refractivity contribution in [3.05, 3.63) is 98.6 Å². The highest BCUT2D eigenvalue weighted by Gasteiger charge is 2.21. The van der Waals surface area contributed by atoms with Gasteiger partial charge in [0.15, 0.2) is 11.2 Å². The maximum Gasteiger partial charge on any atom is 0.345 e. The molecule has 0 saturated carbocycles. The molecule has 2 amide bonds. The van der Waals surface area contributed by atoms with Crippen LogP contribution in [0.3, 0.4) is 0 Å². The first-order chi connectivity index (χ1) is 26.0. The molecule has 0 bridgehead atoms. The molecular formula is C34H33N11O9. The molecule has 0 fully saturated rings. The van der Waals surface area contributed by atoms with E-state index in [4.69, 9.17) is 14.9 Å². The summed E-state index contributed by atoms with van der Waals surface area (Å²) in [4.78, 5) is 76.0. The molecule has 6 aromatic rings. The van der Waals surface area contributed by atoms with Crippen molar-refractivity contribution in [3.63, 3.8) is 0 Å². The van der Waals surface area contributed by atoms with Crippen LogP contribution in [-0.2, 0) is 27.5 Å². The van der Waals surface area contributed by atoms with Crippen molar-refractivity contribution in [2.75, 3.05) is 24.2 Å². The van der Waals surface area contributed by atoms with Crippen LogP contribution in [0, 0.1) is 0 Å². The number of nitrogens with two attached hydrogens (primary N) is 1. The highest BCUT2D eigenvalue weighted by atomic mass is 16.5. The van der Waals surface area contributed by atoms with Crippen LogP contribution in [-0.4, -0.2) is 82.1 Å². The Hall–Kier alpha value is -7.22. The number of aromatic hydroxyl groups is 1. The van der Waals surface area contributed by atoms with Gasteiger partial charge in [-0.1, -0.05) is 11.3 Å². The molecule has 20 nitrogen and oxygen atoms in total. The molecule has 0 saturated heterocycles. The van der Waals surface area contributed by atoms with E-state index in [2.05, 4.69) is 46.2 Å². The first-order valence-electron chi connectivity index (χ1n) is 16.4. The number of hydrogen-bond donors (Lipinski definition) is 7. The summed E-state index contributed by atoms with van der Waals surface area (Å²) < 4.78 is 12.1. The Kier molecular flexibility index (Phi) is 11.1. The van der Waals surface area contributed by atoms with Crippen LogP contribution in [0.1, 0.15) is 41.0 Å². The Morgan fingerprint density at radius 3 is 2.67 bits per heavy atom. The van der Waals surface area contributed by atoms with Gasteiger partial charge < -0.3 is 41.1 Å². The van der Waals surface area contributed by atoms with Crippen LogP contribution >= 0.6 is 0 Å². The van der Waals surface area contributed by atoms with E-state index in [-0.39, 0.29) is 91.2 Å². The van der Waals surface area contributed by atoms with E-state index < -0.39 is 29.1 Å². The number of nitrogens with zero attached hydrogens (tertiary/aromatic N) is 6. The van der Waals surface area contributed by atoms with E-state index >= 15 is 0 Å². The number of anilines is 2. The van der Waals surface area contributed by atoms with Gasteiger partial charge in [-0.15, -0.1) is 5.10 Å². The summed E-state index contributed by atoms with van der Waals surface area (Å²) in [6.07, 6.45) is 3.25. The Morgan fingerprint density at radius 1 is 1.06 bits per heavy atom. The van der Waals surface area contributed by atoms with Crippen molar-refractivity contribution < 1.29 is 33.8 Å². The van der Waals surface area contributed by atoms with Crippen LogP contribution < -0.4 is 32.9 Å². The third-order valence-electron chi connectivity index (χ3n) is 7.93. The van der Waals surface area contributed by atoms with E-state index in [0.717, 1.165) is 0 Å². The summed E-state index contributed by atoms with van der Waals surface area (Å²) in [7, 11) is 0. The van der Waals surface area contributed by atoms with Gasteiger partial charge in [-0.3, -0.25) is 19.4 Å². The minimum absolute atomic E-state index is 0.0256.